The number of aryl methyl sites for hydroxylation is 2. The summed E-state index contributed by atoms with van der Waals surface area (Å²) in [6.07, 6.45) is 3.19. The van der Waals surface area contributed by atoms with E-state index in [2.05, 4.69) is 20.4 Å². The fourth-order valence-corrected chi connectivity index (χ4v) is 3.27. The smallest absolute Gasteiger partial charge is 0.252 e. The number of carbonyl (C=O) groups is 1. The van der Waals surface area contributed by atoms with Crippen LogP contribution in [0.5, 0.6) is 0 Å². The molecule has 8 nitrogen and oxygen atoms in total. The molecule has 0 bridgehead atoms. The highest BCUT2D eigenvalue weighted by Crippen LogP contribution is 2.17. The molecule has 3 heterocycles. The molecule has 1 amide bonds. The van der Waals surface area contributed by atoms with E-state index in [4.69, 9.17) is 4.74 Å². The van der Waals surface area contributed by atoms with Crippen LogP contribution in [-0.4, -0.2) is 44.9 Å². The second-order valence-corrected chi connectivity index (χ2v) is 6.71. The van der Waals surface area contributed by atoms with Crippen LogP contribution in [-0.2, 0) is 16.0 Å². The van der Waals surface area contributed by atoms with Crippen LogP contribution < -0.4 is 10.9 Å². The number of rotatable bonds is 6. The Kier molecular flexibility index (Phi) is 5.51. The Bertz CT molecular complexity index is 849. The van der Waals surface area contributed by atoms with Crippen molar-refractivity contribution in [2.45, 2.75) is 52.6 Å². The van der Waals surface area contributed by atoms with Crippen molar-refractivity contribution in [1.29, 1.82) is 0 Å². The molecule has 2 aromatic rings. The standard InChI is InChI=1S/C18H25N5O3/c1-11-9-17(25)21-18(20-11)23-13(3)15(12(2)22-23)6-7-16(24)19-10-14-5-4-8-26-14/h9,14H,4-8,10H2,1-3H3,(H,19,24)(H,20,21,25). The van der Waals surface area contributed by atoms with Crippen molar-refractivity contribution in [3.63, 3.8) is 0 Å². The summed E-state index contributed by atoms with van der Waals surface area (Å²) in [7, 11) is 0. The van der Waals surface area contributed by atoms with Crippen molar-refractivity contribution >= 4 is 5.91 Å². The van der Waals surface area contributed by atoms with Gasteiger partial charge in [-0.2, -0.15) is 5.10 Å². The molecule has 0 saturated carbocycles. The highest BCUT2D eigenvalue weighted by molar-refractivity contribution is 5.76. The average molecular weight is 359 g/mol. The number of carbonyl (C=O) groups excluding carboxylic acids is 1. The van der Waals surface area contributed by atoms with E-state index in [0.717, 1.165) is 36.4 Å². The summed E-state index contributed by atoms with van der Waals surface area (Å²) < 4.78 is 7.14. The molecule has 8 heteroatoms. The van der Waals surface area contributed by atoms with Crippen LogP contribution in [0.1, 0.15) is 41.9 Å². The van der Waals surface area contributed by atoms with Gasteiger partial charge in [-0.25, -0.2) is 9.67 Å². The number of hydrogen-bond donors (Lipinski definition) is 2. The lowest BCUT2D eigenvalue weighted by molar-refractivity contribution is -0.121. The Balaban J connectivity index is 1.66. The zero-order chi connectivity index (χ0) is 18.7. The second kappa shape index (κ2) is 7.82. The van der Waals surface area contributed by atoms with Gasteiger partial charge in [-0.05, 0) is 45.6 Å². The van der Waals surface area contributed by atoms with Gasteiger partial charge in [0.25, 0.3) is 5.56 Å². The van der Waals surface area contributed by atoms with Gasteiger partial charge in [0, 0.05) is 37.0 Å². The SMILES string of the molecule is Cc1cc(=O)[nH]c(-n2nc(C)c(CCC(=O)NCC3CCCO3)c2C)n1. The summed E-state index contributed by atoms with van der Waals surface area (Å²) in [5.41, 5.74) is 3.13. The van der Waals surface area contributed by atoms with E-state index in [9.17, 15) is 9.59 Å². The summed E-state index contributed by atoms with van der Waals surface area (Å²) in [6, 6.07) is 1.44. The lowest BCUT2D eigenvalue weighted by Gasteiger charge is -2.10. The number of ether oxygens (including phenoxy) is 1. The van der Waals surface area contributed by atoms with Crippen molar-refractivity contribution in [3.8, 4) is 5.95 Å². The zero-order valence-electron chi connectivity index (χ0n) is 15.5. The zero-order valence-corrected chi connectivity index (χ0v) is 15.5. The lowest BCUT2D eigenvalue weighted by Crippen LogP contribution is -2.31. The molecule has 0 aromatic carbocycles. The number of hydrogen-bond acceptors (Lipinski definition) is 5. The maximum Gasteiger partial charge on any atom is 0.252 e. The minimum atomic E-state index is -0.213. The van der Waals surface area contributed by atoms with Crippen LogP contribution in [0.15, 0.2) is 10.9 Å². The van der Waals surface area contributed by atoms with Crippen molar-refractivity contribution in [2.75, 3.05) is 13.2 Å². The number of aromatic amines is 1. The fourth-order valence-electron chi connectivity index (χ4n) is 3.27. The van der Waals surface area contributed by atoms with Gasteiger partial charge in [-0.15, -0.1) is 0 Å². The third-order valence-electron chi connectivity index (χ3n) is 4.65. The predicted molar refractivity (Wildman–Crippen MR) is 96.5 cm³/mol. The summed E-state index contributed by atoms with van der Waals surface area (Å²) >= 11 is 0. The van der Waals surface area contributed by atoms with Gasteiger partial charge in [0.2, 0.25) is 11.9 Å². The van der Waals surface area contributed by atoms with E-state index in [1.54, 1.807) is 11.6 Å². The molecule has 2 aromatic heterocycles. The van der Waals surface area contributed by atoms with E-state index in [-0.39, 0.29) is 17.6 Å². The van der Waals surface area contributed by atoms with Gasteiger partial charge in [0.1, 0.15) is 0 Å². The summed E-state index contributed by atoms with van der Waals surface area (Å²) in [6.45, 7) is 6.94. The summed E-state index contributed by atoms with van der Waals surface area (Å²) in [4.78, 5) is 30.8. The molecule has 1 atom stereocenters. The molecule has 1 aliphatic rings. The van der Waals surface area contributed by atoms with Gasteiger partial charge in [0.05, 0.1) is 11.8 Å². The molecule has 0 spiro atoms. The van der Waals surface area contributed by atoms with E-state index < -0.39 is 0 Å². The van der Waals surface area contributed by atoms with Gasteiger partial charge in [-0.1, -0.05) is 0 Å². The van der Waals surface area contributed by atoms with E-state index >= 15 is 0 Å². The third kappa shape index (κ3) is 4.19. The monoisotopic (exact) mass is 359 g/mol. The largest absolute Gasteiger partial charge is 0.376 e. The van der Waals surface area contributed by atoms with Crippen molar-refractivity contribution in [2.24, 2.45) is 0 Å². The first kappa shape index (κ1) is 18.3. The molecular formula is C18H25N5O3. The highest BCUT2D eigenvalue weighted by atomic mass is 16.5. The minimum absolute atomic E-state index is 0.00846. The normalized spacial score (nSPS) is 16.8. The molecular weight excluding hydrogens is 334 g/mol. The Morgan fingerprint density at radius 3 is 2.92 bits per heavy atom. The van der Waals surface area contributed by atoms with Crippen LogP contribution in [0, 0.1) is 20.8 Å². The molecule has 1 unspecified atom stereocenters. The Morgan fingerprint density at radius 2 is 2.23 bits per heavy atom. The number of amides is 1. The van der Waals surface area contributed by atoms with Gasteiger partial charge in [-0.3, -0.25) is 14.6 Å². The third-order valence-corrected chi connectivity index (χ3v) is 4.65. The molecule has 0 radical (unpaired) electrons. The summed E-state index contributed by atoms with van der Waals surface area (Å²) in [5, 5.41) is 7.42. The van der Waals surface area contributed by atoms with E-state index in [1.165, 1.54) is 6.07 Å². The first-order chi connectivity index (χ1) is 12.4. The van der Waals surface area contributed by atoms with Crippen molar-refractivity contribution in [1.82, 2.24) is 25.1 Å². The number of nitrogens with zero attached hydrogens (tertiary/aromatic N) is 3. The van der Waals surface area contributed by atoms with Gasteiger partial charge < -0.3 is 10.1 Å². The average Bonchev–Trinajstić information content (AvgIpc) is 3.19. The quantitative estimate of drug-likeness (QED) is 0.804. The molecule has 2 N–H and O–H groups in total. The van der Waals surface area contributed by atoms with E-state index in [0.29, 0.717) is 31.0 Å². The molecule has 0 aliphatic carbocycles. The minimum Gasteiger partial charge on any atom is -0.376 e. The Morgan fingerprint density at radius 1 is 1.42 bits per heavy atom. The predicted octanol–water partition coefficient (Wildman–Crippen LogP) is 1.11. The van der Waals surface area contributed by atoms with Crippen LogP contribution >= 0.6 is 0 Å². The topological polar surface area (TPSA) is 102 Å². The van der Waals surface area contributed by atoms with Crippen LogP contribution in [0.25, 0.3) is 5.95 Å². The summed E-state index contributed by atoms with van der Waals surface area (Å²) in [5.74, 6) is 0.402. The van der Waals surface area contributed by atoms with Crippen molar-refractivity contribution < 1.29 is 9.53 Å². The Hall–Kier alpha value is -2.48. The first-order valence-corrected chi connectivity index (χ1v) is 8.96. The Labute approximate surface area is 152 Å². The van der Waals surface area contributed by atoms with Crippen LogP contribution in [0.2, 0.25) is 0 Å². The molecule has 1 saturated heterocycles. The number of aromatic nitrogens is 4. The number of nitrogens with one attached hydrogen (secondary N) is 2. The molecule has 1 fully saturated rings. The second-order valence-electron chi connectivity index (χ2n) is 6.71. The molecule has 26 heavy (non-hydrogen) atoms. The van der Waals surface area contributed by atoms with Gasteiger partial charge in [0.15, 0.2) is 0 Å². The van der Waals surface area contributed by atoms with Crippen LogP contribution in [0.4, 0.5) is 0 Å². The molecule has 3 rings (SSSR count). The number of H-pyrrole nitrogens is 1. The fraction of sp³-hybridized carbons (Fsp3) is 0.556. The first-order valence-electron chi connectivity index (χ1n) is 8.96. The van der Waals surface area contributed by atoms with Gasteiger partial charge >= 0.3 is 0 Å². The molecule has 1 aliphatic heterocycles. The highest BCUT2D eigenvalue weighted by Gasteiger charge is 2.18. The lowest BCUT2D eigenvalue weighted by atomic mass is 10.1. The maximum atomic E-state index is 12.1. The van der Waals surface area contributed by atoms with E-state index in [1.807, 2.05) is 13.8 Å². The van der Waals surface area contributed by atoms with Crippen LogP contribution in [0.3, 0.4) is 0 Å². The van der Waals surface area contributed by atoms with Crippen molar-refractivity contribution in [3.05, 3.63) is 39.1 Å². The molecule has 140 valence electrons. The maximum absolute atomic E-state index is 12.1.